The number of alkyl halides is 5. The highest BCUT2D eigenvalue weighted by Gasteiger charge is 2.41. The number of hydrogen-bond donors (Lipinski definition) is 2. The van der Waals surface area contributed by atoms with Crippen molar-refractivity contribution in [2.24, 2.45) is 0 Å². The van der Waals surface area contributed by atoms with Gasteiger partial charge < -0.3 is 9.84 Å². The predicted molar refractivity (Wildman–Crippen MR) is 63.8 cm³/mol. The van der Waals surface area contributed by atoms with E-state index < -0.39 is 42.8 Å². The van der Waals surface area contributed by atoms with Crippen molar-refractivity contribution < 1.29 is 36.0 Å². The fraction of sp³-hybridized carbons (Fsp3) is 1.00. The molecule has 4 nitrogen and oxygen atoms in total. The molecule has 122 valence electrons. The minimum Gasteiger partial charge on any atom is -0.375 e. The highest BCUT2D eigenvalue weighted by atomic mass is 32.2. The molecule has 0 fully saturated rings. The minimum absolute atomic E-state index is 0.276. The fourth-order valence-corrected chi connectivity index (χ4v) is 1.61. The molecule has 0 aromatic carbocycles. The Kier molecular flexibility index (Phi) is 7.67. The second kappa shape index (κ2) is 7.74. The summed E-state index contributed by atoms with van der Waals surface area (Å²) in [5.74, 6) is 0. The number of nitrogens with one attached hydrogen (secondary N) is 1. The molecule has 0 aliphatic rings. The SMILES string of the molecule is CCCOC(C)(C)CC(F)(F)OSNC(F)C(O)(F)F. The first-order valence-corrected chi connectivity index (χ1v) is 6.50. The number of rotatable bonds is 10. The summed E-state index contributed by atoms with van der Waals surface area (Å²) in [7, 11) is 0. The van der Waals surface area contributed by atoms with Crippen LogP contribution >= 0.6 is 12.2 Å². The van der Waals surface area contributed by atoms with Gasteiger partial charge in [-0.2, -0.15) is 17.6 Å². The summed E-state index contributed by atoms with van der Waals surface area (Å²) in [5.41, 5.74) is -1.20. The second-order valence-corrected chi connectivity index (χ2v) is 5.23. The standard InChI is InChI=1S/C10H18F5NO3S/c1-4-5-18-8(2,3)6-9(12,13)19-20-16-7(11)10(14,15)17/h7,16-17H,4-6H2,1-3H3. The van der Waals surface area contributed by atoms with E-state index in [1.165, 1.54) is 18.6 Å². The summed E-state index contributed by atoms with van der Waals surface area (Å²) >= 11 is -0.411. The molecular weight excluding hydrogens is 309 g/mol. The van der Waals surface area contributed by atoms with E-state index >= 15 is 0 Å². The smallest absolute Gasteiger partial charge is 0.375 e. The lowest BCUT2D eigenvalue weighted by molar-refractivity contribution is -0.244. The first-order chi connectivity index (χ1) is 8.90. The van der Waals surface area contributed by atoms with Crippen LogP contribution in [-0.4, -0.2) is 35.8 Å². The predicted octanol–water partition coefficient (Wildman–Crippen LogP) is 3.22. The van der Waals surface area contributed by atoms with E-state index in [1.54, 1.807) is 6.92 Å². The van der Waals surface area contributed by atoms with Gasteiger partial charge in [-0.25, -0.2) is 13.3 Å². The summed E-state index contributed by atoms with van der Waals surface area (Å²) in [4.78, 5) is 0. The van der Waals surface area contributed by atoms with Gasteiger partial charge >= 0.3 is 12.2 Å². The topological polar surface area (TPSA) is 50.7 Å². The third kappa shape index (κ3) is 8.90. The molecule has 0 spiro atoms. The maximum atomic E-state index is 13.4. The lowest BCUT2D eigenvalue weighted by Crippen LogP contribution is -2.39. The Labute approximate surface area is 118 Å². The molecule has 0 rings (SSSR count). The van der Waals surface area contributed by atoms with Gasteiger partial charge in [0.1, 0.15) is 0 Å². The highest BCUT2D eigenvalue weighted by Crippen LogP contribution is 2.32. The van der Waals surface area contributed by atoms with Crippen molar-refractivity contribution in [1.29, 1.82) is 0 Å². The Bertz CT molecular complexity index is 289. The molecule has 0 aliphatic heterocycles. The van der Waals surface area contributed by atoms with Gasteiger partial charge in [0, 0.05) is 6.61 Å². The van der Waals surface area contributed by atoms with Gasteiger partial charge in [0.25, 0.3) is 6.30 Å². The van der Waals surface area contributed by atoms with Crippen molar-refractivity contribution in [2.45, 2.75) is 57.7 Å². The molecule has 1 unspecified atom stereocenters. The van der Waals surface area contributed by atoms with E-state index in [1.807, 2.05) is 0 Å². The van der Waals surface area contributed by atoms with E-state index in [9.17, 15) is 22.0 Å². The molecule has 0 aromatic heterocycles. The Morgan fingerprint density at radius 3 is 2.25 bits per heavy atom. The second-order valence-electron chi connectivity index (χ2n) is 4.66. The van der Waals surface area contributed by atoms with Crippen molar-refractivity contribution in [3.63, 3.8) is 0 Å². The molecule has 0 heterocycles. The van der Waals surface area contributed by atoms with Crippen LogP contribution in [0.3, 0.4) is 0 Å². The van der Waals surface area contributed by atoms with Gasteiger partial charge in [-0.3, -0.25) is 0 Å². The Morgan fingerprint density at radius 2 is 1.80 bits per heavy atom. The van der Waals surface area contributed by atoms with Crippen molar-refractivity contribution in [3.05, 3.63) is 0 Å². The van der Waals surface area contributed by atoms with Gasteiger partial charge in [-0.05, 0) is 20.3 Å². The lowest BCUT2D eigenvalue weighted by Gasteiger charge is -2.29. The number of hydrogen-bond acceptors (Lipinski definition) is 5. The molecular formula is C10H18F5NO3S. The van der Waals surface area contributed by atoms with Gasteiger partial charge in [0.2, 0.25) is 0 Å². The van der Waals surface area contributed by atoms with Crippen LogP contribution < -0.4 is 4.72 Å². The van der Waals surface area contributed by atoms with E-state index in [4.69, 9.17) is 9.84 Å². The zero-order valence-corrected chi connectivity index (χ0v) is 12.1. The molecule has 0 bridgehead atoms. The van der Waals surface area contributed by atoms with E-state index in [2.05, 4.69) is 4.18 Å². The van der Waals surface area contributed by atoms with Gasteiger partial charge in [0.15, 0.2) is 0 Å². The Balaban J connectivity index is 4.19. The largest absolute Gasteiger partial charge is 0.398 e. The molecule has 0 saturated carbocycles. The zero-order valence-electron chi connectivity index (χ0n) is 11.3. The highest BCUT2D eigenvalue weighted by molar-refractivity contribution is 7.92. The average molecular weight is 327 g/mol. The number of halogens is 5. The van der Waals surface area contributed by atoms with Crippen LogP contribution in [0.25, 0.3) is 0 Å². The number of ether oxygens (including phenoxy) is 1. The lowest BCUT2D eigenvalue weighted by atomic mass is 10.0. The van der Waals surface area contributed by atoms with Crippen LogP contribution in [0.4, 0.5) is 22.0 Å². The van der Waals surface area contributed by atoms with Crippen LogP contribution in [0.15, 0.2) is 0 Å². The Hall–Kier alpha value is -0.160. The van der Waals surface area contributed by atoms with Crippen LogP contribution in [0.2, 0.25) is 0 Å². The third-order valence-corrected chi connectivity index (χ3v) is 2.58. The quantitative estimate of drug-likeness (QED) is 0.279. The van der Waals surface area contributed by atoms with Crippen molar-refractivity contribution in [1.82, 2.24) is 4.72 Å². The van der Waals surface area contributed by atoms with E-state index in [0.717, 1.165) is 0 Å². The molecule has 0 aromatic rings. The maximum Gasteiger partial charge on any atom is 0.398 e. The monoisotopic (exact) mass is 327 g/mol. The molecule has 0 aliphatic carbocycles. The van der Waals surface area contributed by atoms with Crippen LogP contribution in [-0.2, 0) is 8.92 Å². The summed E-state index contributed by atoms with van der Waals surface area (Å²) in [6, 6.07) is 0. The van der Waals surface area contributed by atoms with Gasteiger partial charge in [-0.15, -0.1) is 0 Å². The minimum atomic E-state index is -4.69. The maximum absolute atomic E-state index is 13.4. The first kappa shape index (κ1) is 19.8. The molecule has 20 heavy (non-hydrogen) atoms. The van der Waals surface area contributed by atoms with Crippen molar-refractivity contribution >= 4 is 12.2 Å². The molecule has 1 atom stereocenters. The summed E-state index contributed by atoms with van der Waals surface area (Å²) < 4.78 is 73.5. The van der Waals surface area contributed by atoms with Gasteiger partial charge in [0.05, 0.1) is 24.3 Å². The molecule has 0 amide bonds. The molecule has 0 saturated heterocycles. The van der Waals surface area contributed by atoms with E-state index in [0.29, 0.717) is 6.42 Å². The fourth-order valence-electron chi connectivity index (χ4n) is 1.15. The van der Waals surface area contributed by atoms with Crippen LogP contribution in [0, 0.1) is 0 Å². The van der Waals surface area contributed by atoms with Crippen molar-refractivity contribution in [3.8, 4) is 0 Å². The summed E-state index contributed by atoms with van der Waals surface area (Å²) in [6.07, 6.45) is -11.8. The molecule has 10 heteroatoms. The zero-order chi connectivity index (χ0) is 16.0. The normalized spacial score (nSPS) is 15.4. The summed E-state index contributed by atoms with van der Waals surface area (Å²) in [5, 5.41) is 7.95. The third-order valence-electron chi connectivity index (χ3n) is 1.95. The molecule has 2 N–H and O–H groups in total. The number of aliphatic hydroxyl groups is 1. The van der Waals surface area contributed by atoms with E-state index in [-0.39, 0.29) is 6.61 Å². The van der Waals surface area contributed by atoms with Crippen LogP contribution in [0.1, 0.15) is 33.6 Å². The summed E-state index contributed by atoms with van der Waals surface area (Å²) in [6.45, 7) is 4.91. The first-order valence-electron chi connectivity index (χ1n) is 5.76. The van der Waals surface area contributed by atoms with Crippen molar-refractivity contribution in [2.75, 3.05) is 6.61 Å². The van der Waals surface area contributed by atoms with Gasteiger partial charge in [-0.1, -0.05) is 6.92 Å². The van der Waals surface area contributed by atoms with Crippen LogP contribution in [0.5, 0.6) is 0 Å². The molecule has 0 radical (unpaired) electrons. The Morgan fingerprint density at radius 1 is 1.25 bits per heavy atom. The average Bonchev–Trinajstić information content (AvgIpc) is 2.23.